The third-order valence-corrected chi connectivity index (χ3v) is 2.06. The van der Waals surface area contributed by atoms with Crippen molar-refractivity contribution in [1.82, 2.24) is 10.1 Å². The van der Waals surface area contributed by atoms with E-state index in [9.17, 15) is 0 Å². The molecule has 0 aliphatic carbocycles. The molecule has 0 saturated heterocycles. The molecule has 62 valence electrons. The molecule has 0 fully saturated rings. The molecular weight excluding hydrogens is 132 g/mol. The van der Waals surface area contributed by atoms with Gasteiger partial charge in [0.2, 0.25) is 0 Å². The fourth-order valence-corrected chi connectivity index (χ4v) is 0.637. The van der Waals surface area contributed by atoms with E-state index in [1.54, 1.807) is 25.9 Å². The van der Waals surface area contributed by atoms with E-state index in [4.69, 9.17) is 10.4 Å². The molecule has 0 aromatic rings. The quantitative estimate of drug-likeness (QED) is 0.458. The van der Waals surface area contributed by atoms with Crippen LogP contribution in [-0.4, -0.2) is 40.3 Å². The van der Waals surface area contributed by atoms with Crippen LogP contribution in [0.3, 0.4) is 0 Å². The fraction of sp³-hybridized carbons (Fsp3) is 1.00. The first-order valence-corrected chi connectivity index (χ1v) is 3.30. The molecule has 4 heteroatoms. The second-order valence-corrected chi connectivity index (χ2v) is 2.75. The number of rotatable bonds is 3. The minimum atomic E-state index is -0.681. The summed E-state index contributed by atoms with van der Waals surface area (Å²) < 4.78 is 0. The zero-order chi connectivity index (χ0) is 8.36. The van der Waals surface area contributed by atoms with Gasteiger partial charge in [-0.05, 0) is 27.4 Å². The van der Waals surface area contributed by atoms with Gasteiger partial charge < -0.3 is 0 Å². The van der Waals surface area contributed by atoms with Gasteiger partial charge in [-0.3, -0.25) is 15.3 Å². The Labute approximate surface area is 61.6 Å². The molecule has 0 aliphatic heterocycles. The van der Waals surface area contributed by atoms with Crippen LogP contribution in [0.4, 0.5) is 0 Å². The van der Waals surface area contributed by atoms with E-state index in [1.807, 2.05) is 6.92 Å². The normalized spacial score (nSPS) is 18.0. The van der Waals surface area contributed by atoms with Gasteiger partial charge in [-0.15, -0.1) is 0 Å². The van der Waals surface area contributed by atoms with Crippen LogP contribution in [0.1, 0.15) is 20.3 Å². The Kier molecular flexibility index (Phi) is 3.24. The third kappa shape index (κ3) is 1.67. The first-order chi connectivity index (χ1) is 4.45. The molecule has 0 aromatic carbocycles. The van der Waals surface area contributed by atoms with Gasteiger partial charge >= 0.3 is 0 Å². The van der Waals surface area contributed by atoms with Crippen molar-refractivity contribution in [1.29, 1.82) is 0 Å². The number of hydrogen-bond acceptors (Lipinski definition) is 4. The van der Waals surface area contributed by atoms with Crippen molar-refractivity contribution in [2.45, 2.75) is 25.9 Å². The Balaban J connectivity index is 4.23. The topological polar surface area (TPSA) is 46.9 Å². The van der Waals surface area contributed by atoms with Crippen molar-refractivity contribution in [3.63, 3.8) is 0 Å². The lowest BCUT2D eigenvalue weighted by Crippen LogP contribution is -2.52. The van der Waals surface area contributed by atoms with E-state index in [0.717, 1.165) is 0 Å². The summed E-state index contributed by atoms with van der Waals surface area (Å²) in [5.74, 6) is 0. The molecule has 0 amide bonds. The highest BCUT2D eigenvalue weighted by molar-refractivity contribution is 4.72. The van der Waals surface area contributed by atoms with Crippen LogP contribution in [0.5, 0.6) is 0 Å². The molecule has 0 bridgehead atoms. The van der Waals surface area contributed by atoms with E-state index in [2.05, 4.69) is 0 Å². The number of hydroxylamine groups is 2. The SMILES string of the molecule is CCC(C)(N(C)C)N(O)O. The Morgan fingerprint density at radius 3 is 1.70 bits per heavy atom. The van der Waals surface area contributed by atoms with Crippen LogP contribution < -0.4 is 0 Å². The number of nitrogens with zero attached hydrogens (tertiary/aromatic N) is 2. The zero-order valence-electron chi connectivity index (χ0n) is 7.00. The summed E-state index contributed by atoms with van der Waals surface area (Å²) in [4.78, 5) is 1.74. The minimum Gasteiger partial charge on any atom is -0.288 e. The molecule has 0 aromatic heterocycles. The molecule has 0 spiro atoms. The first kappa shape index (κ1) is 9.84. The molecule has 4 nitrogen and oxygen atoms in total. The molecule has 1 unspecified atom stereocenters. The largest absolute Gasteiger partial charge is 0.288 e. The molecule has 0 heterocycles. The van der Waals surface area contributed by atoms with E-state index >= 15 is 0 Å². The van der Waals surface area contributed by atoms with Gasteiger partial charge in [0.1, 0.15) is 5.66 Å². The predicted molar refractivity (Wildman–Crippen MR) is 37.8 cm³/mol. The summed E-state index contributed by atoms with van der Waals surface area (Å²) in [5.41, 5.74) is -0.681. The maximum absolute atomic E-state index is 8.79. The maximum atomic E-state index is 8.79. The molecule has 0 rings (SSSR count). The molecule has 1 atom stereocenters. The van der Waals surface area contributed by atoms with Crippen molar-refractivity contribution in [3.05, 3.63) is 0 Å². The monoisotopic (exact) mass is 148 g/mol. The summed E-state index contributed by atoms with van der Waals surface area (Å²) in [5, 5.41) is 17.8. The van der Waals surface area contributed by atoms with Gasteiger partial charge in [0.25, 0.3) is 0 Å². The van der Waals surface area contributed by atoms with Gasteiger partial charge in [-0.25, -0.2) is 0 Å². The smallest absolute Gasteiger partial charge is 0.121 e. The van der Waals surface area contributed by atoms with Crippen molar-refractivity contribution < 1.29 is 10.4 Å². The van der Waals surface area contributed by atoms with Gasteiger partial charge in [0, 0.05) is 0 Å². The highest BCUT2D eigenvalue weighted by atomic mass is 16.8. The second kappa shape index (κ2) is 3.30. The highest BCUT2D eigenvalue weighted by Crippen LogP contribution is 2.17. The lowest BCUT2D eigenvalue weighted by Gasteiger charge is -2.37. The van der Waals surface area contributed by atoms with Crippen molar-refractivity contribution in [2.75, 3.05) is 14.1 Å². The summed E-state index contributed by atoms with van der Waals surface area (Å²) in [6.07, 6.45) is 0.646. The van der Waals surface area contributed by atoms with Crippen LogP contribution in [-0.2, 0) is 0 Å². The summed E-state index contributed by atoms with van der Waals surface area (Å²) in [6, 6.07) is 0. The van der Waals surface area contributed by atoms with Gasteiger partial charge in [0.05, 0.1) is 0 Å². The lowest BCUT2D eigenvalue weighted by molar-refractivity contribution is -0.385. The second-order valence-electron chi connectivity index (χ2n) is 2.75. The first-order valence-electron chi connectivity index (χ1n) is 3.30. The van der Waals surface area contributed by atoms with Gasteiger partial charge in [-0.1, -0.05) is 12.2 Å². The molecular formula is C6H16N2O2. The molecule has 2 N–H and O–H groups in total. The summed E-state index contributed by atoms with van der Waals surface area (Å²) in [7, 11) is 3.59. The Morgan fingerprint density at radius 1 is 1.30 bits per heavy atom. The van der Waals surface area contributed by atoms with Crippen LogP contribution in [0.25, 0.3) is 0 Å². The maximum Gasteiger partial charge on any atom is 0.121 e. The zero-order valence-corrected chi connectivity index (χ0v) is 7.00. The molecule has 0 radical (unpaired) electrons. The average Bonchev–Trinajstić information content (AvgIpc) is 1.85. The minimum absolute atomic E-state index is 0.243. The summed E-state index contributed by atoms with van der Waals surface area (Å²) in [6.45, 7) is 3.63. The van der Waals surface area contributed by atoms with E-state index in [-0.39, 0.29) is 5.23 Å². The van der Waals surface area contributed by atoms with Crippen LogP contribution >= 0.6 is 0 Å². The van der Waals surface area contributed by atoms with Crippen molar-refractivity contribution >= 4 is 0 Å². The van der Waals surface area contributed by atoms with Gasteiger partial charge in [0.15, 0.2) is 0 Å². The predicted octanol–water partition coefficient (Wildman–Crippen LogP) is 0.755. The standard InChI is InChI=1S/C6H16N2O2/c1-5-6(2,7(3)4)8(9)10/h9-10H,5H2,1-4H3. The van der Waals surface area contributed by atoms with Crippen LogP contribution in [0.2, 0.25) is 0 Å². The Hall–Kier alpha value is -0.160. The van der Waals surface area contributed by atoms with Crippen LogP contribution in [0, 0.1) is 0 Å². The summed E-state index contributed by atoms with van der Waals surface area (Å²) >= 11 is 0. The van der Waals surface area contributed by atoms with E-state index < -0.39 is 5.66 Å². The van der Waals surface area contributed by atoms with Gasteiger partial charge in [-0.2, -0.15) is 0 Å². The van der Waals surface area contributed by atoms with Crippen LogP contribution in [0.15, 0.2) is 0 Å². The highest BCUT2D eigenvalue weighted by Gasteiger charge is 2.30. The average molecular weight is 148 g/mol. The lowest BCUT2D eigenvalue weighted by atomic mass is 10.1. The molecule has 10 heavy (non-hydrogen) atoms. The van der Waals surface area contributed by atoms with Crippen molar-refractivity contribution in [2.24, 2.45) is 0 Å². The molecule has 0 aliphatic rings. The number of hydrogen-bond donors (Lipinski definition) is 2. The van der Waals surface area contributed by atoms with E-state index in [1.165, 1.54) is 0 Å². The van der Waals surface area contributed by atoms with Crippen molar-refractivity contribution in [3.8, 4) is 0 Å². The Bertz CT molecular complexity index is 95.9. The molecule has 0 saturated carbocycles. The van der Waals surface area contributed by atoms with E-state index in [0.29, 0.717) is 6.42 Å². The Morgan fingerprint density at radius 2 is 1.70 bits per heavy atom. The third-order valence-electron chi connectivity index (χ3n) is 2.06. The fourth-order valence-electron chi connectivity index (χ4n) is 0.637.